The fraction of sp³-hybridized carbons (Fsp3) is 0.130. The number of benzene rings is 3. The van der Waals surface area contributed by atoms with E-state index < -0.39 is 0 Å². The first-order valence-electron chi connectivity index (χ1n) is 9.43. The van der Waals surface area contributed by atoms with Gasteiger partial charge in [-0.3, -0.25) is 0 Å². The Kier molecular flexibility index (Phi) is 5.62. The summed E-state index contributed by atoms with van der Waals surface area (Å²) in [5.41, 5.74) is 5.02. The molecule has 0 radical (unpaired) electrons. The van der Waals surface area contributed by atoms with Gasteiger partial charge in [0.15, 0.2) is 0 Å². The van der Waals surface area contributed by atoms with Crippen LogP contribution in [0.3, 0.4) is 0 Å². The summed E-state index contributed by atoms with van der Waals surface area (Å²) in [5.74, 6) is 0.904. The smallest absolute Gasteiger partial charge is 0.319 e. The van der Waals surface area contributed by atoms with Gasteiger partial charge in [-0.05, 0) is 43.3 Å². The van der Waals surface area contributed by atoms with Crippen molar-refractivity contribution in [2.24, 2.45) is 0 Å². The van der Waals surface area contributed by atoms with Crippen molar-refractivity contribution in [2.75, 3.05) is 11.9 Å². The summed E-state index contributed by atoms with van der Waals surface area (Å²) in [6.07, 6.45) is 0. The van der Waals surface area contributed by atoms with E-state index in [2.05, 4.69) is 68.4 Å². The molecule has 0 spiro atoms. The van der Waals surface area contributed by atoms with Crippen LogP contribution in [0.2, 0.25) is 0 Å². The predicted molar refractivity (Wildman–Crippen MR) is 121 cm³/mol. The van der Waals surface area contributed by atoms with Gasteiger partial charge in [0.2, 0.25) is 0 Å². The molecule has 0 fully saturated rings. The highest BCUT2D eigenvalue weighted by Crippen LogP contribution is 2.25. The molecule has 5 nitrogen and oxygen atoms in total. The molecule has 4 rings (SSSR count). The fourth-order valence-electron chi connectivity index (χ4n) is 3.21. The van der Waals surface area contributed by atoms with Crippen LogP contribution in [-0.2, 0) is 6.54 Å². The number of hydrogen-bond donors (Lipinski definition) is 2. The molecule has 0 aliphatic heterocycles. The van der Waals surface area contributed by atoms with Crippen molar-refractivity contribution in [1.82, 2.24) is 14.9 Å². The maximum atomic E-state index is 12.2. The van der Waals surface area contributed by atoms with Gasteiger partial charge >= 0.3 is 6.03 Å². The molecule has 4 aromatic rings. The van der Waals surface area contributed by atoms with E-state index in [-0.39, 0.29) is 6.03 Å². The van der Waals surface area contributed by atoms with Crippen LogP contribution in [0.5, 0.6) is 0 Å². The van der Waals surface area contributed by atoms with Crippen molar-refractivity contribution in [3.63, 3.8) is 0 Å². The van der Waals surface area contributed by atoms with E-state index in [1.54, 1.807) is 0 Å². The summed E-state index contributed by atoms with van der Waals surface area (Å²) in [5, 5.41) is 5.77. The van der Waals surface area contributed by atoms with Crippen LogP contribution in [0.25, 0.3) is 22.4 Å². The number of anilines is 1. The average Bonchev–Trinajstić information content (AvgIpc) is 3.09. The first kappa shape index (κ1) is 19.2. The molecule has 146 valence electrons. The summed E-state index contributed by atoms with van der Waals surface area (Å²) in [6.45, 7) is 3.18. The van der Waals surface area contributed by atoms with Crippen molar-refractivity contribution in [3.05, 3.63) is 82.8 Å². The maximum absolute atomic E-state index is 12.2. The van der Waals surface area contributed by atoms with Crippen molar-refractivity contribution in [1.29, 1.82) is 0 Å². The highest BCUT2D eigenvalue weighted by molar-refractivity contribution is 9.10. The Balaban J connectivity index is 1.49. The third-order valence-corrected chi connectivity index (χ3v) is 5.22. The molecular weight excluding hydrogens is 428 g/mol. The molecule has 0 atom stereocenters. The zero-order valence-electron chi connectivity index (χ0n) is 16.0. The van der Waals surface area contributed by atoms with E-state index in [9.17, 15) is 4.79 Å². The lowest BCUT2D eigenvalue weighted by atomic mass is 10.1. The standard InChI is InChI=1S/C23H21BrN4O/c1-16-6-8-17(9-7-16)22-27-20-4-2-3-5-21(20)28(22)15-14-25-23(29)26-19-12-10-18(24)11-13-19/h2-13H,14-15H2,1H3,(H2,25,26,29). The molecule has 1 aromatic heterocycles. The van der Waals surface area contributed by atoms with Gasteiger partial charge in [-0.15, -0.1) is 0 Å². The average molecular weight is 449 g/mol. The van der Waals surface area contributed by atoms with Gasteiger partial charge in [0, 0.05) is 28.8 Å². The van der Waals surface area contributed by atoms with Crippen LogP contribution in [-0.4, -0.2) is 22.1 Å². The molecule has 0 aliphatic carbocycles. The quantitative estimate of drug-likeness (QED) is 0.417. The molecule has 0 unspecified atom stereocenters. The lowest BCUT2D eigenvalue weighted by molar-refractivity contribution is 0.251. The second-order valence-electron chi connectivity index (χ2n) is 6.83. The van der Waals surface area contributed by atoms with E-state index >= 15 is 0 Å². The van der Waals surface area contributed by atoms with Crippen molar-refractivity contribution in [2.45, 2.75) is 13.5 Å². The monoisotopic (exact) mass is 448 g/mol. The summed E-state index contributed by atoms with van der Waals surface area (Å²) in [4.78, 5) is 17.0. The number of aromatic nitrogens is 2. The number of carbonyl (C=O) groups excluding carboxylic acids is 1. The maximum Gasteiger partial charge on any atom is 0.319 e. The summed E-state index contributed by atoms with van der Waals surface area (Å²) in [7, 11) is 0. The van der Waals surface area contributed by atoms with Crippen molar-refractivity contribution < 1.29 is 4.79 Å². The number of rotatable bonds is 5. The van der Waals surface area contributed by atoms with Crippen molar-refractivity contribution >= 4 is 38.7 Å². The Hall–Kier alpha value is -3.12. The largest absolute Gasteiger partial charge is 0.336 e. The fourth-order valence-corrected chi connectivity index (χ4v) is 3.48. The lowest BCUT2D eigenvalue weighted by Crippen LogP contribution is -2.31. The summed E-state index contributed by atoms with van der Waals surface area (Å²) >= 11 is 3.39. The highest BCUT2D eigenvalue weighted by atomic mass is 79.9. The van der Waals surface area contributed by atoms with Gasteiger partial charge in [-0.25, -0.2) is 9.78 Å². The summed E-state index contributed by atoms with van der Waals surface area (Å²) in [6, 6.07) is 23.7. The Morgan fingerprint density at radius 2 is 1.72 bits per heavy atom. The van der Waals surface area contributed by atoms with Crippen LogP contribution < -0.4 is 10.6 Å². The number of urea groups is 1. The minimum Gasteiger partial charge on any atom is -0.336 e. The van der Waals surface area contributed by atoms with E-state index in [1.165, 1.54) is 5.56 Å². The topological polar surface area (TPSA) is 59.0 Å². The van der Waals surface area contributed by atoms with Crippen molar-refractivity contribution in [3.8, 4) is 11.4 Å². The number of nitrogens with zero attached hydrogens (tertiary/aromatic N) is 2. The molecule has 0 saturated heterocycles. The molecule has 6 heteroatoms. The third kappa shape index (κ3) is 4.49. The van der Waals surface area contributed by atoms with Crippen LogP contribution in [0, 0.1) is 6.92 Å². The Morgan fingerprint density at radius 3 is 2.48 bits per heavy atom. The number of amides is 2. The number of hydrogen-bond acceptors (Lipinski definition) is 2. The molecule has 0 bridgehead atoms. The molecular formula is C23H21BrN4O. The molecule has 0 saturated carbocycles. The zero-order valence-corrected chi connectivity index (χ0v) is 17.6. The number of imidazole rings is 1. The van der Waals surface area contributed by atoms with E-state index in [0.29, 0.717) is 13.1 Å². The minimum absolute atomic E-state index is 0.228. The zero-order chi connectivity index (χ0) is 20.2. The second-order valence-corrected chi connectivity index (χ2v) is 7.75. The third-order valence-electron chi connectivity index (χ3n) is 4.69. The molecule has 29 heavy (non-hydrogen) atoms. The lowest BCUT2D eigenvalue weighted by Gasteiger charge is -2.11. The highest BCUT2D eigenvalue weighted by Gasteiger charge is 2.12. The Bertz CT molecular complexity index is 1130. The summed E-state index contributed by atoms with van der Waals surface area (Å²) < 4.78 is 3.12. The first-order chi connectivity index (χ1) is 14.1. The SMILES string of the molecule is Cc1ccc(-c2nc3ccccc3n2CCNC(=O)Nc2ccc(Br)cc2)cc1. The van der Waals surface area contributed by atoms with E-state index in [1.807, 2.05) is 42.5 Å². The second kappa shape index (κ2) is 8.49. The van der Waals surface area contributed by atoms with E-state index in [4.69, 9.17) is 4.98 Å². The number of carbonyl (C=O) groups is 1. The van der Waals surface area contributed by atoms with Crippen LogP contribution in [0.15, 0.2) is 77.3 Å². The van der Waals surface area contributed by atoms with Crippen LogP contribution >= 0.6 is 15.9 Å². The Labute approximate surface area is 177 Å². The van der Waals surface area contributed by atoms with Crippen LogP contribution in [0.4, 0.5) is 10.5 Å². The number of aryl methyl sites for hydroxylation is 1. The Morgan fingerprint density at radius 1 is 1.00 bits per heavy atom. The molecule has 3 aromatic carbocycles. The number of para-hydroxylation sites is 2. The van der Waals surface area contributed by atoms with Gasteiger partial charge in [0.1, 0.15) is 5.82 Å². The van der Waals surface area contributed by atoms with Gasteiger partial charge in [-0.2, -0.15) is 0 Å². The molecule has 0 aliphatic rings. The minimum atomic E-state index is -0.228. The number of fused-ring (bicyclic) bond motifs is 1. The molecule has 2 amide bonds. The molecule has 1 heterocycles. The van der Waals surface area contributed by atoms with Gasteiger partial charge in [-0.1, -0.05) is 57.9 Å². The van der Waals surface area contributed by atoms with Gasteiger partial charge in [0.05, 0.1) is 11.0 Å². The number of halogens is 1. The van der Waals surface area contributed by atoms with Gasteiger partial charge in [0.25, 0.3) is 0 Å². The number of nitrogens with one attached hydrogen (secondary N) is 2. The van der Waals surface area contributed by atoms with Crippen LogP contribution in [0.1, 0.15) is 5.56 Å². The molecule has 2 N–H and O–H groups in total. The van der Waals surface area contributed by atoms with E-state index in [0.717, 1.165) is 32.6 Å². The normalized spacial score (nSPS) is 10.8. The van der Waals surface area contributed by atoms with Gasteiger partial charge < -0.3 is 15.2 Å². The first-order valence-corrected chi connectivity index (χ1v) is 10.2. The predicted octanol–water partition coefficient (Wildman–Crippen LogP) is 5.60.